The number of nitrogens with one attached hydrogen (secondary N) is 1. The van der Waals surface area contributed by atoms with E-state index < -0.39 is 0 Å². The van der Waals surface area contributed by atoms with Gasteiger partial charge in [-0.1, -0.05) is 11.3 Å². The first-order chi connectivity index (χ1) is 7.25. The molecule has 0 bridgehead atoms. The second-order valence-electron chi connectivity index (χ2n) is 3.86. The molecule has 1 fully saturated rings. The maximum absolute atomic E-state index is 5.45. The van der Waals surface area contributed by atoms with E-state index in [-0.39, 0.29) is 0 Å². The quantitative estimate of drug-likeness (QED) is 0.828. The van der Waals surface area contributed by atoms with Crippen LogP contribution in [0.5, 0.6) is 0 Å². The highest BCUT2D eigenvalue weighted by atomic mass is 32.1. The summed E-state index contributed by atoms with van der Waals surface area (Å²) in [6.45, 7) is 2.79. The highest BCUT2D eigenvalue weighted by Crippen LogP contribution is 2.20. The van der Waals surface area contributed by atoms with Crippen LogP contribution < -0.4 is 4.90 Å². The molecular weight excluding hydrogens is 230 g/mol. The molecule has 1 aromatic rings. The van der Waals surface area contributed by atoms with Crippen molar-refractivity contribution in [3.63, 3.8) is 0 Å². The molecule has 6 heteroatoms. The average Bonchev–Trinajstić information content (AvgIpc) is 2.66. The lowest BCUT2D eigenvalue weighted by Gasteiger charge is -2.26. The second-order valence-corrected chi connectivity index (χ2v) is 5.50. The maximum Gasteiger partial charge on any atom is 0.206 e. The van der Waals surface area contributed by atoms with Crippen molar-refractivity contribution in [3.05, 3.63) is 3.95 Å². The Labute approximate surface area is 98.3 Å². The number of nitrogens with zero attached hydrogens (tertiary/aromatic N) is 2. The Hall–Kier alpha value is -0.460. The Morgan fingerprint density at radius 1 is 1.73 bits per heavy atom. The third-order valence-electron chi connectivity index (χ3n) is 2.54. The lowest BCUT2D eigenvalue weighted by Crippen LogP contribution is -2.30. The first-order valence-electron chi connectivity index (χ1n) is 5.10. The SMILES string of the molecule is CN(CC1CCCOC1)c1n[nH]c(=S)s1. The molecule has 0 saturated carbocycles. The van der Waals surface area contributed by atoms with Gasteiger partial charge in [-0.25, -0.2) is 0 Å². The van der Waals surface area contributed by atoms with Crippen LogP contribution in [0.4, 0.5) is 5.13 Å². The molecule has 0 aliphatic carbocycles. The first kappa shape index (κ1) is 11.0. The fraction of sp³-hybridized carbons (Fsp3) is 0.778. The molecule has 1 aliphatic rings. The van der Waals surface area contributed by atoms with Gasteiger partial charge in [0.1, 0.15) is 0 Å². The van der Waals surface area contributed by atoms with E-state index in [1.54, 1.807) is 0 Å². The Kier molecular flexibility index (Phi) is 3.71. The Bertz CT molecular complexity index is 356. The molecule has 1 unspecified atom stereocenters. The lowest BCUT2D eigenvalue weighted by molar-refractivity contribution is 0.0576. The van der Waals surface area contributed by atoms with E-state index in [0.717, 1.165) is 28.8 Å². The van der Waals surface area contributed by atoms with Gasteiger partial charge in [0.2, 0.25) is 5.13 Å². The normalized spacial score (nSPS) is 21.5. The zero-order valence-electron chi connectivity index (χ0n) is 8.73. The van der Waals surface area contributed by atoms with Gasteiger partial charge in [0, 0.05) is 20.2 Å². The van der Waals surface area contributed by atoms with Gasteiger partial charge in [0.15, 0.2) is 3.95 Å². The number of rotatable bonds is 3. The first-order valence-corrected chi connectivity index (χ1v) is 6.32. The van der Waals surface area contributed by atoms with Gasteiger partial charge < -0.3 is 9.64 Å². The van der Waals surface area contributed by atoms with Crippen LogP contribution in [0.3, 0.4) is 0 Å². The summed E-state index contributed by atoms with van der Waals surface area (Å²) in [7, 11) is 2.05. The number of aromatic nitrogens is 2. The fourth-order valence-corrected chi connectivity index (χ4v) is 2.65. The third kappa shape index (κ3) is 2.99. The fourth-order valence-electron chi connectivity index (χ4n) is 1.80. The van der Waals surface area contributed by atoms with Crippen molar-refractivity contribution >= 4 is 28.7 Å². The van der Waals surface area contributed by atoms with Crippen LogP contribution in [0.1, 0.15) is 12.8 Å². The summed E-state index contributed by atoms with van der Waals surface area (Å²) < 4.78 is 6.19. The molecule has 4 nitrogen and oxygen atoms in total. The molecule has 1 saturated heterocycles. The summed E-state index contributed by atoms with van der Waals surface area (Å²) in [6.07, 6.45) is 2.43. The number of aromatic amines is 1. The van der Waals surface area contributed by atoms with E-state index in [9.17, 15) is 0 Å². The lowest BCUT2D eigenvalue weighted by atomic mass is 10.0. The number of ether oxygens (including phenoxy) is 1. The molecule has 2 rings (SSSR count). The van der Waals surface area contributed by atoms with Crippen molar-refractivity contribution in [3.8, 4) is 0 Å². The summed E-state index contributed by atoms with van der Waals surface area (Å²) in [4.78, 5) is 2.15. The van der Waals surface area contributed by atoms with Gasteiger partial charge in [-0.15, -0.1) is 5.10 Å². The summed E-state index contributed by atoms with van der Waals surface area (Å²) in [5, 5.41) is 7.92. The van der Waals surface area contributed by atoms with Crippen molar-refractivity contribution < 1.29 is 4.74 Å². The van der Waals surface area contributed by atoms with Crippen LogP contribution in [0.2, 0.25) is 0 Å². The Morgan fingerprint density at radius 2 is 2.60 bits per heavy atom. The monoisotopic (exact) mass is 245 g/mol. The molecule has 15 heavy (non-hydrogen) atoms. The number of hydrogen-bond acceptors (Lipinski definition) is 5. The predicted molar refractivity (Wildman–Crippen MR) is 64.1 cm³/mol. The summed E-state index contributed by atoms with van der Waals surface area (Å²) in [5.41, 5.74) is 0. The third-order valence-corrected chi connectivity index (χ3v) is 3.74. The molecule has 1 N–H and O–H groups in total. The number of anilines is 1. The van der Waals surface area contributed by atoms with Crippen LogP contribution >= 0.6 is 23.6 Å². The van der Waals surface area contributed by atoms with Gasteiger partial charge in [-0.05, 0) is 31.0 Å². The number of H-pyrrole nitrogens is 1. The van der Waals surface area contributed by atoms with Crippen molar-refractivity contribution in [1.29, 1.82) is 0 Å². The number of hydrogen-bond donors (Lipinski definition) is 1. The Morgan fingerprint density at radius 3 is 3.20 bits per heavy atom. The zero-order chi connectivity index (χ0) is 10.7. The van der Waals surface area contributed by atoms with Crippen molar-refractivity contribution in [2.24, 2.45) is 5.92 Å². The summed E-state index contributed by atoms with van der Waals surface area (Å²) in [6, 6.07) is 0. The highest BCUT2D eigenvalue weighted by Gasteiger charge is 2.17. The van der Waals surface area contributed by atoms with E-state index in [1.807, 2.05) is 0 Å². The molecule has 0 radical (unpaired) electrons. The van der Waals surface area contributed by atoms with Crippen molar-refractivity contribution in [1.82, 2.24) is 10.2 Å². The molecule has 0 spiro atoms. The van der Waals surface area contributed by atoms with E-state index in [4.69, 9.17) is 17.0 Å². The van der Waals surface area contributed by atoms with E-state index in [1.165, 1.54) is 24.2 Å². The van der Waals surface area contributed by atoms with Crippen molar-refractivity contribution in [2.45, 2.75) is 12.8 Å². The Balaban J connectivity index is 1.90. The summed E-state index contributed by atoms with van der Waals surface area (Å²) in [5.74, 6) is 0.626. The molecule has 1 aromatic heterocycles. The van der Waals surface area contributed by atoms with E-state index >= 15 is 0 Å². The standard InChI is InChI=1S/C9H15N3OS2/c1-12(8-10-11-9(14)15-8)5-7-3-2-4-13-6-7/h7H,2-6H2,1H3,(H,11,14). The molecule has 1 aliphatic heterocycles. The summed E-state index contributed by atoms with van der Waals surface area (Å²) >= 11 is 6.52. The minimum atomic E-state index is 0.626. The van der Waals surface area contributed by atoms with E-state index in [0.29, 0.717) is 5.92 Å². The molecule has 84 valence electrons. The van der Waals surface area contributed by atoms with Crippen LogP contribution in [-0.2, 0) is 4.74 Å². The van der Waals surface area contributed by atoms with E-state index in [2.05, 4.69) is 22.1 Å². The van der Waals surface area contributed by atoms with Crippen LogP contribution in [0.25, 0.3) is 0 Å². The zero-order valence-corrected chi connectivity index (χ0v) is 10.4. The van der Waals surface area contributed by atoms with Crippen LogP contribution in [0.15, 0.2) is 0 Å². The molecule has 2 heterocycles. The van der Waals surface area contributed by atoms with Gasteiger partial charge in [0.05, 0.1) is 6.61 Å². The molecule has 0 aromatic carbocycles. The smallest absolute Gasteiger partial charge is 0.206 e. The van der Waals surface area contributed by atoms with Gasteiger partial charge in [-0.3, -0.25) is 5.10 Å². The molecular formula is C9H15N3OS2. The minimum absolute atomic E-state index is 0.626. The maximum atomic E-state index is 5.45. The second kappa shape index (κ2) is 5.05. The van der Waals surface area contributed by atoms with Gasteiger partial charge in [0.25, 0.3) is 0 Å². The highest BCUT2D eigenvalue weighted by molar-refractivity contribution is 7.73. The average molecular weight is 245 g/mol. The largest absolute Gasteiger partial charge is 0.381 e. The van der Waals surface area contributed by atoms with Gasteiger partial charge >= 0.3 is 0 Å². The molecule has 0 amide bonds. The predicted octanol–water partition coefficient (Wildman–Crippen LogP) is 2.06. The van der Waals surface area contributed by atoms with Crippen LogP contribution in [-0.4, -0.2) is 37.0 Å². The van der Waals surface area contributed by atoms with Crippen molar-refractivity contribution in [2.75, 3.05) is 31.7 Å². The molecule has 1 atom stereocenters. The topological polar surface area (TPSA) is 41.1 Å². The van der Waals surface area contributed by atoms with Crippen LogP contribution in [0, 0.1) is 9.87 Å². The minimum Gasteiger partial charge on any atom is -0.381 e. The van der Waals surface area contributed by atoms with Gasteiger partial charge in [-0.2, -0.15) is 0 Å².